The number of allylic oxidation sites excluding steroid dienone is 1. The minimum Gasteiger partial charge on any atom is -0.337 e. The van der Waals surface area contributed by atoms with Gasteiger partial charge in [0.2, 0.25) is 0 Å². The van der Waals surface area contributed by atoms with Gasteiger partial charge in [0.05, 0.1) is 11.4 Å². The molecular weight excluding hydrogens is 377 g/mol. The lowest BCUT2D eigenvalue weighted by molar-refractivity contribution is 0.555. The van der Waals surface area contributed by atoms with Crippen molar-refractivity contribution in [1.29, 1.82) is 0 Å². The minimum absolute atomic E-state index is 0.0425. The second-order valence-electron chi connectivity index (χ2n) is 7.02. The van der Waals surface area contributed by atoms with Crippen molar-refractivity contribution >= 4 is 20.7 Å². The average Bonchev–Trinajstić information content (AvgIpc) is 2.85. The molecule has 1 aromatic carbocycles. The van der Waals surface area contributed by atoms with Crippen molar-refractivity contribution in [2.24, 2.45) is 5.73 Å². The standard InChI is InChI=1S/C21H24FN3O2S/c1-13-9-16(10-14(2)24-13)21-15(3)25(12-17(22)7-8-23)20-6-5-18(11-19(20)21)28(4,26)27/h5-7,9-11H,8,12,23H2,1-4H3/b17-7-. The van der Waals surface area contributed by atoms with Crippen molar-refractivity contribution in [1.82, 2.24) is 9.55 Å². The van der Waals surface area contributed by atoms with E-state index in [0.717, 1.165) is 39.1 Å². The summed E-state index contributed by atoms with van der Waals surface area (Å²) >= 11 is 0. The third-order valence-electron chi connectivity index (χ3n) is 4.74. The first kappa shape index (κ1) is 20.2. The molecule has 0 atom stereocenters. The van der Waals surface area contributed by atoms with Crippen molar-refractivity contribution in [3.05, 3.63) is 59.3 Å². The monoisotopic (exact) mass is 401 g/mol. The molecule has 0 radical (unpaired) electrons. The number of sulfone groups is 1. The number of nitrogens with zero attached hydrogens (tertiary/aromatic N) is 2. The Morgan fingerprint density at radius 3 is 2.39 bits per heavy atom. The number of fused-ring (bicyclic) bond motifs is 1. The van der Waals surface area contributed by atoms with Crippen molar-refractivity contribution in [3.8, 4) is 11.1 Å². The van der Waals surface area contributed by atoms with Crippen molar-refractivity contribution in [3.63, 3.8) is 0 Å². The molecule has 0 fully saturated rings. The summed E-state index contributed by atoms with van der Waals surface area (Å²) in [6.07, 6.45) is 2.53. The molecule has 0 aliphatic heterocycles. The zero-order chi connectivity index (χ0) is 20.6. The van der Waals surface area contributed by atoms with Gasteiger partial charge in [-0.2, -0.15) is 0 Å². The summed E-state index contributed by atoms with van der Waals surface area (Å²) in [5, 5.41) is 0.769. The average molecular weight is 402 g/mol. The van der Waals surface area contributed by atoms with Crippen LogP contribution in [-0.4, -0.2) is 30.8 Å². The smallest absolute Gasteiger partial charge is 0.175 e. The third kappa shape index (κ3) is 3.86. The van der Waals surface area contributed by atoms with Crippen LogP contribution in [0.3, 0.4) is 0 Å². The Kier molecular flexibility index (Phi) is 5.41. The van der Waals surface area contributed by atoms with Gasteiger partial charge in [-0.05, 0) is 62.7 Å². The fourth-order valence-electron chi connectivity index (χ4n) is 3.58. The van der Waals surface area contributed by atoms with E-state index in [1.54, 1.807) is 18.2 Å². The number of aryl methyl sites for hydroxylation is 2. The number of nitrogens with two attached hydrogens (primary N) is 1. The Balaban J connectivity index is 2.37. The van der Waals surface area contributed by atoms with Crippen molar-refractivity contribution in [2.45, 2.75) is 32.2 Å². The SMILES string of the molecule is Cc1cc(-c2c(C)n(C/C(F)=C/CN)c3ccc(S(C)(=O)=O)cc23)cc(C)n1. The van der Waals surface area contributed by atoms with Gasteiger partial charge >= 0.3 is 0 Å². The van der Waals surface area contributed by atoms with Crippen molar-refractivity contribution in [2.75, 3.05) is 12.8 Å². The van der Waals surface area contributed by atoms with Crippen LogP contribution in [-0.2, 0) is 16.4 Å². The molecule has 0 aliphatic rings. The maximum Gasteiger partial charge on any atom is 0.175 e. The molecule has 0 saturated heterocycles. The van der Waals surface area contributed by atoms with E-state index in [0.29, 0.717) is 0 Å². The van der Waals surface area contributed by atoms with Crippen LogP contribution in [0.5, 0.6) is 0 Å². The van der Waals surface area contributed by atoms with E-state index >= 15 is 0 Å². The first-order chi connectivity index (χ1) is 13.1. The lowest BCUT2D eigenvalue weighted by atomic mass is 10.0. The highest BCUT2D eigenvalue weighted by atomic mass is 32.2. The van der Waals surface area contributed by atoms with E-state index in [9.17, 15) is 12.8 Å². The summed E-state index contributed by atoms with van der Waals surface area (Å²) in [6, 6.07) is 8.87. The lowest BCUT2D eigenvalue weighted by Gasteiger charge is -2.08. The quantitative estimate of drug-likeness (QED) is 0.704. The molecule has 3 aromatic rings. The molecule has 0 unspecified atom stereocenters. The van der Waals surface area contributed by atoms with Gasteiger partial charge in [0.25, 0.3) is 0 Å². The number of halogens is 1. The van der Waals surface area contributed by atoms with E-state index in [1.165, 1.54) is 12.3 Å². The molecule has 0 amide bonds. The van der Waals surface area contributed by atoms with Gasteiger partial charge in [-0.15, -0.1) is 0 Å². The van der Waals surface area contributed by atoms with E-state index in [-0.39, 0.29) is 23.8 Å². The van der Waals surface area contributed by atoms with E-state index in [2.05, 4.69) is 4.98 Å². The number of hydrogen-bond acceptors (Lipinski definition) is 4. The van der Waals surface area contributed by atoms with Gasteiger partial charge in [-0.25, -0.2) is 12.8 Å². The first-order valence-electron chi connectivity index (χ1n) is 8.95. The fourth-order valence-corrected chi connectivity index (χ4v) is 4.23. The predicted molar refractivity (Wildman–Crippen MR) is 111 cm³/mol. The fraction of sp³-hybridized carbons (Fsp3) is 0.286. The summed E-state index contributed by atoms with van der Waals surface area (Å²) in [5.41, 5.74) is 10.6. The molecule has 28 heavy (non-hydrogen) atoms. The van der Waals surface area contributed by atoms with Gasteiger partial charge < -0.3 is 10.3 Å². The number of pyridine rings is 1. The Labute approximate surface area is 164 Å². The highest BCUT2D eigenvalue weighted by Gasteiger charge is 2.19. The van der Waals surface area contributed by atoms with Gasteiger partial charge in [-0.1, -0.05) is 0 Å². The molecule has 5 nitrogen and oxygen atoms in total. The molecule has 148 valence electrons. The maximum absolute atomic E-state index is 14.3. The van der Waals surface area contributed by atoms with Crippen LogP contribution in [0, 0.1) is 20.8 Å². The molecule has 2 aromatic heterocycles. The van der Waals surface area contributed by atoms with E-state index in [1.807, 2.05) is 37.5 Å². The van der Waals surface area contributed by atoms with Crippen LogP contribution < -0.4 is 5.73 Å². The summed E-state index contributed by atoms with van der Waals surface area (Å²) in [5.74, 6) is -0.330. The van der Waals surface area contributed by atoms with Gasteiger partial charge in [0, 0.05) is 46.3 Å². The van der Waals surface area contributed by atoms with Crippen molar-refractivity contribution < 1.29 is 12.8 Å². The Bertz CT molecular complexity index is 1170. The van der Waals surface area contributed by atoms with Crippen LogP contribution in [0.4, 0.5) is 4.39 Å². The van der Waals surface area contributed by atoms with E-state index in [4.69, 9.17) is 5.73 Å². The Hall–Kier alpha value is -2.51. The molecule has 3 rings (SSSR count). The van der Waals surface area contributed by atoms with Crippen LogP contribution in [0.1, 0.15) is 17.1 Å². The number of benzene rings is 1. The minimum atomic E-state index is -3.37. The number of aromatic nitrogens is 2. The summed E-state index contributed by atoms with van der Waals surface area (Å²) in [4.78, 5) is 4.66. The summed E-state index contributed by atoms with van der Waals surface area (Å²) in [7, 11) is -3.37. The Morgan fingerprint density at radius 2 is 1.82 bits per heavy atom. The summed E-state index contributed by atoms with van der Waals surface area (Å²) < 4.78 is 40.3. The molecular formula is C21H24FN3O2S. The molecule has 2 N–H and O–H groups in total. The number of rotatable bonds is 5. The Morgan fingerprint density at radius 1 is 1.18 bits per heavy atom. The van der Waals surface area contributed by atoms with E-state index < -0.39 is 9.84 Å². The zero-order valence-electron chi connectivity index (χ0n) is 16.5. The molecule has 0 saturated carbocycles. The van der Waals surface area contributed by atoms with Crippen LogP contribution in [0.25, 0.3) is 22.0 Å². The highest BCUT2D eigenvalue weighted by Crippen LogP contribution is 2.37. The largest absolute Gasteiger partial charge is 0.337 e. The zero-order valence-corrected chi connectivity index (χ0v) is 17.3. The van der Waals surface area contributed by atoms with Gasteiger partial charge in [0.1, 0.15) is 5.83 Å². The first-order valence-corrected chi connectivity index (χ1v) is 10.8. The van der Waals surface area contributed by atoms with Gasteiger partial charge in [-0.3, -0.25) is 4.98 Å². The molecule has 7 heteroatoms. The lowest BCUT2D eigenvalue weighted by Crippen LogP contribution is -2.03. The van der Waals surface area contributed by atoms with Crippen LogP contribution in [0.2, 0.25) is 0 Å². The third-order valence-corrected chi connectivity index (χ3v) is 5.85. The second kappa shape index (κ2) is 7.48. The molecule has 0 spiro atoms. The molecule has 0 aliphatic carbocycles. The summed E-state index contributed by atoms with van der Waals surface area (Å²) in [6.45, 7) is 5.90. The highest BCUT2D eigenvalue weighted by molar-refractivity contribution is 7.90. The molecule has 0 bridgehead atoms. The maximum atomic E-state index is 14.3. The topological polar surface area (TPSA) is 78.0 Å². The number of hydrogen-bond donors (Lipinski definition) is 1. The molecule has 2 heterocycles. The normalized spacial score (nSPS) is 12.7. The second-order valence-corrected chi connectivity index (χ2v) is 9.04. The van der Waals surface area contributed by atoms with Crippen LogP contribution in [0.15, 0.2) is 47.1 Å². The predicted octanol–water partition coefficient (Wildman–Crippen LogP) is 3.84. The van der Waals surface area contributed by atoms with Crippen LogP contribution >= 0.6 is 0 Å². The van der Waals surface area contributed by atoms with Gasteiger partial charge in [0.15, 0.2) is 9.84 Å².